The lowest BCUT2D eigenvalue weighted by molar-refractivity contribution is -0.114. The summed E-state index contributed by atoms with van der Waals surface area (Å²) in [6, 6.07) is 5.67. The Labute approximate surface area is 104 Å². The fraction of sp³-hybridized carbons (Fsp3) is 0.250. The van der Waals surface area contributed by atoms with Crippen molar-refractivity contribution in [2.75, 3.05) is 11.9 Å². The van der Waals surface area contributed by atoms with Crippen molar-refractivity contribution in [3.05, 3.63) is 40.4 Å². The van der Waals surface area contributed by atoms with Crippen molar-refractivity contribution in [1.29, 1.82) is 0 Å². The van der Waals surface area contributed by atoms with E-state index in [1.807, 2.05) is 18.2 Å². The standard InChI is InChI=1S/C12H15BrN2O/c1-8(2)12(16)15(3)11-5-4-10(13)6-9(11)7-14/h4-6H,1,7,14H2,2-3H3. The van der Waals surface area contributed by atoms with Gasteiger partial charge in [0.05, 0.1) is 0 Å². The molecule has 0 bridgehead atoms. The average molecular weight is 283 g/mol. The number of anilines is 1. The molecule has 4 heteroatoms. The molecule has 0 spiro atoms. The van der Waals surface area contributed by atoms with Crippen LogP contribution in [0.25, 0.3) is 0 Å². The maximum atomic E-state index is 11.8. The molecular formula is C12H15BrN2O. The van der Waals surface area contributed by atoms with Crippen molar-refractivity contribution in [3.8, 4) is 0 Å². The van der Waals surface area contributed by atoms with Gasteiger partial charge in [0.2, 0.25) is 0 Å². The first-order chi connectivity index (χ1) is 7.47. The lowest BCUT2D eigenvalue weighted by Crippen LogP contribution is -2.27. The Balaban J connectivity index is 3.12. The summed E-state index contributed by atoms with van der Waals surface area (Å²) in [5.41, 5.74) is 7.90. The van der Waals surface area contributed by atoms with Crippen LogP contribution in [0.2, 0.25) is 0 Å². The molecule has 0 aliphatic heterocycles. The topological polar surface area (TPSA) is 46.3 Å². The molecule has 2 N–H and O–H groups in total. The highest BCUT2D eigenvalue weighted by Crippen LogP contribution is 2.24. The van der Waals surface area contributed by atoms with E-state index in [4.69, 9.17) is 5.73 Å². The van der Waals surface area contributed by atoms with Crippen molar-refractivity contribution in [1.82, 2.24) is 0 Å². The molecule has 16 heavy (non-hydrogen) atoms. The lowest BCUT2D eigenvalue weighted by atomic mass is 10.1. The summed E-state index contributed by atoms with van der Waals surface area (Å²) < 4.78 is 0.952. The van der Waals surface area contributed by atoms with Crippen LogP contribution in [0.15, 0.2) is 34.8 Å². The second-order valence-corrected chi connectivity index (χ2v) is 4.54. The monoisotopic (exact) mass is 282 g/mol. The van der Waals surface area contributed by atoms with E-state index in [1.165, 1.54) is 0 Å². The van der Waals surface area contributed by atoms with Gasteiger partial charge >= 0.3 is 0 Å². The molecule has 0 unspecified atom stereocenters. The van der Waals surface area contributed by atoms with E-state index < -0.39 is 0 Å². The van der Waals surface area contributed by atoms with E-state index in [0.717, 1.165) is 15.7 Å². The Hall–Kier alpha value is -1.13. The molecule has 0 saturated carbocycles. The number of carbonyl (C=O) groups is 1. The van der Waals surface area contributed by atoms with Gasteiger partial charge in [0.1, 0.15) is 0 Å². The summed E-state index contributed by atoms with van der Waals surface area (Å²) in [5.74, 6) is -0.1000. The normalized spacial score (nSPS) is 10.0. The van der Waals surface area contributed by atoms with Gasteiger partial charge in [0, 0.05) is 29.3 Å². The molecule has 0 heterocycles. The Bertz CT molecular complexity index is 429. The first kappa shape index (κ1) is 12.9. The number of rotatable bonds is 3. The van der Waals surface area contributed by atoms with Crippen LogP contribution in [0.4, 0.5) is 5.69 Å². The first-order valence-electron chi connectivity index (χ1n) is 4.89. The fourth-order valence-electron chi connectivity index (χ4n) is 1.44. The SMILES string of the molecule is C=C(C)C(=O)N(C)c1ccc(Br)cc1CN. The molecule has 86 valence electrons. The van der Waals surface area contributed by atoms with E-state index in [1.54, 1.807) is 18.9 Å². The van der Waals surface area contributed by atoms with Gasteiger partial charge in [0.15, 0.2) is 0 Å². The summed E-state index contributed by atoms with van der Waals surface area (Å²) in [5, 5.41) is 0. The summed E-state index contributed by atoms with van der Waals surface area (Å²) >= 11 is 3.38. The highest BCUT2D eigenvalue weighted by Gasteiger charge is 2.14. The average Bonchev–Trinajstić information content (AvgIpc) is 2.26. The molecule has 1 rings (SSSR count). The van der Waals surface area contributed by atoms with Crippen LogP contribution >= 0.6 is 15.9 Å². The summed E-state index contributed by atoms with van der Waals surface area (Å²) in [6.45, 7) is 5.73. The van der Waals surface area contributed by atoms with Gasteiger partial charge in [-0.1, -0.05) is 22.5 Å². The largest absolute Gasteiger partial charge is 0.326 e. The molecule has 1 aromatic rings. The number of likely N-dealkylation sites (N-methyl/N-ethyl adjacent to an activating group) is 1. The second-order valence-electron chi connectivity index (χ2n) is 3.62. The van der Waals surface area contributed by atoms with E-state index in [9.17, 15) is 4.79 Å². The predicted molar refractivity (Wildman–Crippen MR) is 70.3 cm³/mol. The van der Waals surface area contributed by atoms with Crippen molar-refractivity contribution in [2.45, 2.75) is 13.5 Å². The summed E-state index contributed by atoms with van der Waals surface area (Å²) in [6.07, 6.45) is 0. The predicted octanol–water partition coefficient (Wildman–Crippen LogP) is 2.45. The lowest BCUT2D eigenvalue weighted by Gasteiger charge is -2.20. The van der Waals surface area contributed by atoms with Crippen molar-refractivity contribution in [2.24, 2.45) is 5.73 Å². The van der Waals surface area contributed by atoms with E-state index in [-0.39, 0.29) is 5.91 Å². The number of carbonyl (C=O) groups excluding carboxylic acids is 1. The minimum Gasteiger partial charge on any atom is -0.326 e. The number of hydrogen-bond donors (Lipinski definition) is 1. The van der Waals surface area contributed by atoms with Crippen molar-refractivity contribution < 1.29 is 4.79 Å². The van der Waals surface area contributed by atoms with Gasteiger partial charge in [-0.2, -0.15) is 0 Å². The fourth-order valence-corrected chi connectivity index (χ4v) is 1.85. The van der Waals surface area contributed by atoms with Crippen LogP contribution < -0.4 is 10.6 Å². The highest BCUT2D eigenvalue weighted by atomic mass is 79.9. The molecular weight excluding hydrogens is 268 g/mol. The van der Waals surface area contributed by atoms with Gasteiger partial charge < -0.3 is 10.6 Å². The van der Waals surface area contributed by atoms with E-state index in [2.05, 4.69) is 22.5 Å². The summed E-state index contributed by atoms with van der Waals surface area (Å²) in [7, 11) is 1.72. The Morgan fingerprint density at radius 1 is 1.56 bits per heavy atom. The zero-order valence-corrected chi connectivity index (χ0v) is 11.0. The van der Waals surface area contributed by atoms with Gasteiger partial charge in [0.25, 0.3) is 5.91 Å². The van der Waals surface area contributed by atoms with Crippen LogP contribution in [0.3, 0.4) is 0 Å². The Morgan fingerprint density at radius 3 is 2.69 bits per heavy atom. The number of amides is 1. The third-order valence-electron chi connectivity index (χ3n) is 2.29. The molecule has 0 saturated heterocycles. The number of hydrogen-bond acceptors (Lipinski definition) is 2. The number of halogens is 1. The number of nitrogens with zero attached hydrogens (tertiary/aromatic N) is 1. The molecule has 1 aromatic carbocycles. The van der Waals surface area contributed by atoms with Crippen LogP contribution in [-0.4, -0.2) is 13.0 Å². The Morgan fingerprint density at radius 2 is 2.19 bits per heavy atom. The van der Waals surface area contributed by atoms with Gasteiger partial charge in [-0.3, -0.25) is 4.79 Å². The zero-order chi connectivity index (χ0) is 12.3. The third kappa shape index (κ3) is 2.71. The molecule has 0 aromatic heterocycles. The van der Waals surface area contributed by atoms with Crippen molar-refractivity contribution in [3.63, 3.8) is 0 Å². The van der Waals surface area contributed by atoms with Gasteiger partial charge in [-0.15, -0.1) is 0 Å². The zero-order valence-electron chi connectivity index (χ0n) is 9.46. The Kier molecular flexibility index (Phi) is 4.26. The third-order valence-corrected chi connectivity index (χ3v) is 2.79. The van der Waals surface area contributed by atoms with Crippen molar-refractivity contribution >= 4 is 27.5 Å². The van der Waals surface area contributed by atoms with Gasteiger partial charge in [-0.25, -0.2) is 0 Å². The minimum absolute atomic E-state index is 0.1000. The minimum atomic E-state index is -0.1000. The first-order valence-corrected chi connectivity index (χ1v) is 5.68. The molecule has 0 radical (unpaired) electrons. The molecule has 0 fully saturated rings. The second kappa shape index (κ2) is 5.27. The van der Waals surface area contributed by atoms with Crippen LogP contribution in [0, 0.1) is 0 Å². The summed E-state index contributed by atoms with van der Waals surface area (Å²) in [4.78, 5) is 13.3. The van der Waals surface area contributed by atoms with Crippen LogP contribution in [0.1, 0.15) is 12.5 Å². The molecule has 1 amide bonds. The van der Waals surface area contributed by atoms with Gasteiger partial charge in [-0.05, 0) is 30.7 Å². The molecule has 0 aliphatic carbocycles. The number of benzene rings is 1. The van der Waals surface area contributed by atoms with Crippen LogP contribution in [-0.2, 0) is 11.3 Å². The number of nitrogens with two attached hydrogens (primary N) is 1. The smallest absolute Gasteiger partial charge is 0.253 e. The van der Waals surface area contributed by atoms with E-state index >= 15 is 0 Å². The van der Waals surface area contributed by atoms with E-state index in [0.29, 0.717) is 12.1 Å². The molecule has 0 atom stereocenters. The highest BCUT2D eigenvalue weighted by molar-refractivity contribution is 9.10. The quantitative estimate of drug-likeness (QED) is 0.866. The molecule has 0 aliphatic rings. The maximum absolute atomic E-state index is 11.8. The van der Waals surface area contributed by atoms with Crippen LogP contribution in [0.5, 0.6) is 0 Å². The maximum Gasteiger partial charge on any atom is 0.253 e. The molecule has 3 nitrogen and oxygen atoms in total.